The Morgan fingerprint density at radius 1 is 0.946 bits per heavy atom. The summed E-state index contributed by atoms with van der Waals surface area (Å²) >= 11 is 12.6. The van der Waals surface area contributed by atoms with Crippen molar-refractivity contribution in [2.45, 2.75) is 12.1 Å². The van der Waals surface area contributed by atoms with Gasteiger partial charge in [-0.2, -0.15) is 0 Å². The summed E-state index contributed by atoms with van der Waals surface area (Å²) in [5.74, 6) is -1.85. The quantitative estimate of drug-likeness (QED) is 0.255. The van der Waals surface area contributed by atoms with Crippen LogP contribution >= 0.6 is 23.2 Å². The van der Waals surface area contributed by atoms with E-state index in [9.17, 15) is 4.79 Å². The number of benzene rings is 3. The molecule has 4 aromatic rings. The minimum Gasteiger partial charge on any atom is -0.492 e. The number of methoxy groups -OCH3 is 2. The Hall–Kier alpha value is -3.72. The zero-order chi connectivity index (χ0) is 26.5. The number of hydrogen-bond acceptors (Lipinski definition) is 7. The van der Waals surface area contributed by atoms with Crippen LogP contribution in [0.5, 0.6) is 5.75 Å². The summed E-state index contributed by atoms with van der Waals surface area (Å²) in [6.45, 7) is 0. The molecule has 0 bridgehead atoms. The molecule has 37 heavy (non-hydrogen) atoms. The number of ether oxygens (including phenoxy) is 2. The average Bonchev–Trinajstić information content (AvgIpc) is 2.93. The molecule has 1 heterocycles. The van der Waals surface area contributed by atoms with Crippen molar-refractivity contribution in [3.8, 4) is 17.1 Å². The van der Waals surface area contributed by atoms with E-state index < -0.39 is 23.9 Å². The number of halogens is 3. The molecule has 0 spiro atoms. The van der Waals surface area contributed by atoms with E-state index in [1.54, 1.807) is 0 Å². The van der Waals surface area contributed by atoms with Crippen LogP contribution in [0.3, 0.4) is 0 Å². The van der Waals surface area contributed by atoms with E-state index in [0.717, 1.165) is 11.1 Å². The molecule has 0 aliphatic carbocycles. The second-order valence-electron chi connectivity index (χ2n) is 7.96. The summed E-state index contributed by atoms with van der Waals surface area (Å²) in [6, 6.07) is 20.7. The van der Waals surface area contributed by atoms with Crippen LogP contribution in [0.2, 0.25) is 10.0 Å². The van der Waals surface area contributed by atoms with Crippen LogP contribution in [0, 0.1) is 5.82 Å². The third-order valence-electron chi connectivity index (χ3n) is 5.72. The maximum atomic E-state index is 15.3. The number of esters is 1. The normalized spacial score (nSPS) is 12.5. The van der Waals surface area contributed by atoms with Crippen LogP contribution in [0.1, 0.15) is 33.7 Å². The largest absolute Gasteiger partial charge is 0.492 e. The van der Waals surface area contributed by atoms with Gasteiger partial charge >= 0.3 is 5.97 Å². The standard InChI is InChI=1S/C27H23Cl2FN4O3/c1-36-24-18(28)14-13-17(20(24)30)25-33-23(27(35)37-2)19(29)26(34-25)32-22(16-11-7-4-8-12-16)21(31)15-9-5-3-6-10-15/h3-14,21-22H,31H2,1-2H3,(H,32,33,34). The summed E-state index contributed by atoms with van der Waals surface area (Å²) in [5, 5.41) is 3.23. The second-order valence-corrected chi connectivity index (χ2v) is 8.75. The fraction of sp³-hybridized carbons (Fsp3) is 0.148. The maximum absolute atomic E-state index is 15.3. The van der Waals surface area contributed by atoms with Crippen LogP contribution in [-0.4, -0.2) is 30.2 Å². The molecule has 0 radical (unpaired) electrons. The summed E-state index contributed by atoms with van der Waals surface area (Å²) in [7, 11) is 2.48. The first-order chi connectivity index (χ1) is 17.8. The van der Waals surface area contributed by atoms with E-state index in [-0.39, 0.29) is 38.7 Å². The molecule has 190 valence electrons. The monoisotopic (exact) mass is 540 g/mol. The lowest BCUT2D eigenvalue weighted by Crippen LogP contribution is -2.27. The van der Waals surface area contributed by atoms with Gasteiger partial charge in [-0.3, -0.25) is 0 Å². The smallest absolute Gasteiger partial charge is 0.358 e. The lowest BCUT2D eigenvalue weighted by atomic mass is 9.94. The molecular weight excluding hydrogens is 518 g/mol. The van der Waals surface area contributed by atoms with Gasteiger partial charge in [-0.1, -0.05) is 83.9 Å². The Balaban J connectivity index is 1.87. The molecule has 1 aromatic heterocycles. The first kappa shape index (κ1) is 26.3. The molecule has 3 N–H and O–H groups in total. The molecule has 0 saturated carbocycles. The Morgan fingerprint density at radius 2 is 1.57 bits per heavy atom. The topological polar surface area (TPSA) is 99.4 Å². The van der Waals surface area contributed by atoms with E-state index in [2.05, 4.69) is 15.3 Å². The Labute approximate surface area is 223 Å². The predicted octanol–water partition coefficient (Wildman–Crippen LogP) is 6.24. The van der Waals surface area contributed by atoms with Gasteiger partial charge in [0.25, 0.3) is 0 Å². The Bertz CT molecular complexity index is 1410. The van der Waals surface area contributed by atoms with Crippen molar-refractivity contribution in [3.63, 3.8) is 0 Å². The Kier molecular flexibility index (Phi) is 8.23. The lowest BCUT2D eigenvalue weighted by Gasteiger charge is -2.27. The van der Waals surface area contributed by atoms with Crippen LogP contribution in [0.4, 0.5) is 10.2 Å². The molecular formula is C27H23Cl2FN4O3. The van der Waals surface area contributed by atoms with Crippen molar-refractivity contribution in [1.29, 1.82) is 0 Å². The first-order valence-corrected chi connectivity index (χ1v) is 11.9. The molecule has 3 aromatic carbocycles. The van der Waals surface area contributed by atoms with Crippen LogP contribution in [0.25, 0.3) is 11.4 Å². The van der Waals surface area contributed by atoms with Gasteiger partial charge in [0.05, 0.1) is 36.9 Å². The van der Waals surface area contributed by atoms with Crippen LogP contribution < -0.4 is 15.8 Å². The van der Waals surface area contributed by atoms with Crippen LogP contribution in [0.15, 0.2) is 72.8 Å². The van der Waals surface area contributed by atoms with Gasteiger partial charge in [0.15, 0.2) is 23.1 Å². The zero-order valence-corrected chi connectivity index (χ0v) is 21.4. The third kappa shape index (κ3) is 5.51. The summed E-state index contributed by atoms with van der Waals surface area (Å²) in [6.07, 6.45) is 0. The molecule has 0 amide bonds. The van der Waals surface area contributed by atoms with E-state index in [1.807, 2.05) is 60.7 Å². The molecule has 10 heteroatoms. The number of aromatic nitrogens is 2. The van der Waals surface area contributed by atoms with Crippen molar-refractivity contribution in [3.05, 3.63) is 105 Å². The summed E-state index contributed by atoms with van der Waals surface area (Å²) in [4.78, 5) is 21.2. The molecule has 2 atom stereocenters. The summed E-state index contributed by atoms with van der Waals surface area (Å²) in [5.41, 5.74) is 8.10. The molecule has 4 rings (SSSR count). The van der Waals surface area contributed by atoms with E-state index in [4.69, 9.17) is 38.4 Å². The lowest BCUT2D eigenvalue weighted by molar-refractivity contribution is 0.0594. The van der Waals surface area contributed by atoms with Crippen molar-refractivity contribution < 1.29 is 18.7 Å². The van der Waals surface area contributed by atoms with Gasteiger partial charge in [-0.25, -0.2) is 19.2 Å². The zero-order valence-electron chi connectivity index (χ0n) is 19.9. The number of nitrogens with one attached hydrogen (secondary N) is 1. The molecule has 0 aliphatic rings. The number of nitrogens with zero attached hydrogens (tertiary/aromatic N) is 2. The van der Waals surface area contributed by atoms with Gasteiger partial charge in [0.1, 0.15) is 10.8 Å². The van der Waals surface area contributed by atoms with Gasteiger partial charge in [0.2, 0.25) is 0 Å². The van der Waals surface area contributed by atoms with E-state index >= 15 is 4.39 Å². The van der Waals surface area contributed by atoms with Crippen LogP contribution in [-0.2, 0) is 4.74 Å². The fourth-order valence-corrected chi connectivity index (χ4v) is 4.28. The number of carbonyl (C=O) groups excluding carboxylic acids is 1. The fourth-order valence-electron chi connectivity index (χ4n) is 3.84. The van der Waals surface area contributed by atoms with Crippen molar-refractivity contribution in [2.75, 3.05) is 19.5 Å². The highest BCUT2D eigenvalue weighted by Gasteiger charge is 2.27. The maximum Gasteiger partial charge on any atom is 0.358 e. The number of rotatable bonds is 8. The van der Waals surface area contributed by atoms with Crippen molar-refractivity contribution in [1.82, 2.24) is 9.97 Å². The molecule has 2 unspecified atom stereocenters. The SMILES string of the molecule is COC(=O)c1nc(-c2ccc(Cl)c(OC)c2F)nc(NC(c2ccccc2)C(N)c2ccccc2)c1Cl. The highest BCUT2D eigenvalue weighted by Crippen LogP contribution is 2.37. The molecule has 7 nitrogen and oxygen atoms in total. The van der Waals surface area contributed by atoms with Crippen molar-refractivity contribution in [2.24, 2.45) is 5.73 Å². The van der Waals surface area contributed by atoms with Gasteiger partial charge in [0, 0.05) is 0 Å². The number of anilines is 1. The second kappa shape index (κ2) is 11.6. The van der Waals surface area contributed by atoms with Gasteiger partial charge in [-0.15, -0.1) is 0 Å². The minimum absolute atomic E-state index is 0.0465. The minimum atomic E-state index is -0.818. The first-order valence-electron chi connectivity index (χ1n) is 11.2. The third-order valence-corrected chi connectivity index (χ3v) is 6.37. The van der Waals surface area contributed by atoms with Gasteiger partial charge < -0.3 is 20.5 Å². The summed E-state index contributed by atoms with van der Waals surface area (Å²) < 4.78 is 25.2. The Morgan fingerprint density at radius 3 is 2.16 bits per heavy atom. The number of carbonyl (C=O) groups is 1. The number of nitrogens with two attached hydrogens (primary N) is 1. The number of hydrogen-bond donors (Lipinski definition) is 2. The molecule has 0 saturated heterocycles. The highest BCUT2D eigenvalue weighted by molar-refractivity contribution is 6.35. The van der Waals surface area contributed by atoms with Crippen molar-refractivity contribution >= 4 is 35.0 Å². The molecule has 0 aliphatic heterocycles. The average molecular weight is 541 g/mol. The predicted molar refractivity (Wildman–Crippen MR) is 142 cm³/mol. The highest BCUT2D eigenvalue weighted by atomic mass is 35.5. The van der Waals surface area contributed by atoms with E-state index in [1.165, 1.54) is 26.4 Å². The van der Waals surface area contributed by atoms with Gasteiger partial charge in [-0.05, 0) is 23.3 Å². The van der Waals surface area contributed by atoms with E-state index in [0.29, 0.717) is 0 Å². The molecule has 0 fully saturated rings.